The molecule has 3 rings (SSSR count). The zero-order chi connectivity index (χ0) is 15.7. The molecule has 0 amide bonds. The van der Waals surface area contributed by atoms with E-state index in [1.165, 1.54) is 0 Å². The lowest BCUT2D eigenvalue weighted by Crippen LogP contribution is -2.05. The Kier molecular flexibility index (Phi) is 3.55. The zero-order valence-electron chi connectivity index (χ0n) is 12.4. The predicted molar refractivity (Wildman–Crippen MR) is 83.5 cm³/mol. The molecular formula is C17H16N2O3. The van der Waals surface area contributed by atoms with Gasteiger partial charge in [0, 0.05) is 11.3 Å². The summed E-state index contributed by atoms with van der Waals surface area (Å²) >= 11 is 0. The lowest BCUT2D eigenvalue weighted by Gasteiger charge is -2.05. The molecule has 5 heteroatoms. The fraction of sp³-hybridized carbons (Fsp3) is 0.176. The first-order valence-corrected chi connectivity index (χ1v) is 7.06. The zero-order valence-corrected chi connectivity index (χ0v) is 12.4. The minimum atomic E-state index is -0.995. The van der Waals surface area contributed by atoms with Gasteiger partial charge in [-0.2, -0.15) is 0 Å². The van der Waals surface area contributed by atoms with E-state index in [0.29, 0.717) is 17.9 Å². The molecule has 0 spiro atoms. The molecule has 0 aliphatic carbocycles. The third-order valence-electron chi connectivity index (χ3n) is 3.48. The number of hydrogen-bond donors (Lipinski definition) is 1. The number of fused-ring (bicyclic) bond motifs is 1. The fourth-order valence-corrected chi connectivity index (χ4v) is 2.53. The molecule has 0 unspecified atom stereocenters. The summed E-state index contributed by atoms with van der Waals surface area (Å²) < 4.78 is 7.07. The maximum atomic E-state index is 11.7. The van der Waals surface area contributed by atoms with Crippen molar-refractivity contribution in [3.63, 3.8) is 0 Å². The molecule has 2 heterocycles. The number of benzene rings is 1. The monoisotopic (exact) mass is 296 g/mol. The molecule has 0 aliphatic rings. The van der Waals surface area contributed by atoms with Gasteiger partial charge in [0.05, 0.1) is 6.61 Å². The first-order chi connectivity index (χ1) is 10.6. The van der Waals surface area contributed by atoms with Crippen molar-refractivity contribution in [1.29, 1.82) is 0 Å². The Morgan fingerprint density at radius 2 is 1.95 bits per heavy atom. The summed E-state index contributed by atoms with van der Waals surface area (Å²) in [5.41, 5.74) is 2.85. The minimum Gasteiger partial charge on any atom is -0.494 e. The van der Waals surface area contributed by atoms with Crippen LogP contribution >= 0.6 is 0 Å². The number of nitrogens with zero attached hydrogens (tertiary/aromatic N) is 2. The smallest absolute Gasteiger partial charge is 0.355 e. The first kappa shape index (κ1) is 14.1. The quantitative estimate of drug-likeness (QED) is 0.801. The van der Waals surface area contributed by atoms with Crippen LogP contribution in [0.5, 0.6) is 5.75 Å². The number of aromatic carboxylic acids is 1. The van der Waals surface area contributed by atoms with Gasteiger partial charge in [-0.3, -0.25) is 4.40 Å². The third-order valence-corrected chi connectivity index (χ3v) is 3.48. The van der Waals surface area contributed by atoms with Gasteiger partial charge >= 0.3 is 5.97 Å². The normalized spacial score (nSPS) is 10.8. The highest BCUT2D eigenvalue weighted by Gasteiger charge is 2.20. The Morgan fingerprint density at radius 3 is 2.59 bits per heavy atom. The first-order valence-electron chi connectivity index (χ1n) is 7.06. The van der Waals surface area contributed by atoms with Crippen LogP contribution in [0.3, 0.4) is 0 Å². The van der Waals surface area contributed by atoms with Crippen molar-refractivity contribution < 1.29 is 14.6 Å². The molecule has 0 saturated carbocycles. The average Bonchev–Trinajstić information content (AvgIpc) is 2.89. The van der Waals surface area contributed by atoms with Crippen molar-refractivity contribution in [2.45, 2.75) is 13.8 Å². The molecule has 112 valence electrons. The lowest BCUT2D eigenvalue weighted by molar-refractivity contribution is 0.0690. The Balaban J connectivity index is 2.20. The van der Waals surface area contributed by atoms with E-state index in [1.54, 1.807) is 10.5 Å². The molecule has 5 nitrogen and oxygen atoms in total. The van der Waals surface area contributed by atoms with E-state index in [1.807, 2.05) is 50.2 Å². The molecule has 22 heavy (non-hydrogen) atoms. The number of aromatic nitrogens is 2. The number of carboxylic acids is 1. The highest BCUT2D eigenvalue weighted by Crippen LogP contribution is 2.27. The minimum absolute atomic E-state index is 0.178. The van der Waals surface area contributed by atoms with Crippen molar-refractivity contribution in [3.05, 3.63) is 53.9 Å². The largest absolute Gasteiger partial charge is 0.494 e. The fourth-order valence-electron chi connectivity index (χ4n) is 2.53. The second kappa shape index (κ2) is 5.52. The standard InChI is InChI=1S/C17H16N2O3/c1-3-22-13-9-7-12(8-10-13)15-16(17(20)21)19-11(2)5-4-6-14(19)18-15/h4-10H,3H2,1-2H3,(H,20,21). The molecule has 1 N–H and O–H groups in total. The molecule has 3 aromatic rings. The summed E-state index contributed by atoms with van der Waals surface area (Å²) in [6, 6.07) is 12.8. The number of carbonyl (C=O) groups is 1. The van der Waals surface area contributed by atoms with E-state index in [0.717, 1.165) is 17.0 Å². The topological polar surface area (TPSA) is 63.8 Å². The van der Waals surface area contributed by atoms with Crippen LogP contribution in [0.4, 0.5) is 0 Å². The van der Waals surface area contributed by atoms with Crippen molar-refractivity contribution in [2.75, 3.05) is 6.61 Å². The maximum Gasteiger partial charge on any atom is 0.355 e. The van der Waals surface area contributed by atoms with Crippen molar-refractivity contribution in [1.82, 2.24) is 9.38 Å². The SMILES string of the molecule is CCOc1ccc(-c2nc3cccc(C)n3c2C(=O)O)cc1. The number of imidazole rings is 1. The van der Waals surface area contributed by atoms with Gasteiger partial charge in [0.2, 0.25) is 0 Å². The van der Waals surface area contributed by atoms with Gasteiger partial charge in [0.15, 0.2) is 5.69 Å². The van der Waals surface area contributed by atoms with Crippen LogP contribution in [-0.4, -0.2) is 27.1 Å². The summed E-state index contributed by atoms with van der Waals surface area (Å²) in [6.45, 7) is 4.37. The number of pyridine rings is 1. The number of aryl methyl sites for hydroxylation is 1. The van der Waals surface area contributed by atoms with Gasteiger partial charge in [0.25, 0.3) is 0 Å². The summed E-state index contributed by atoms with van der Waals surface area (Å²) in [6.07, 6.45) is 0. The van der Waals surface area contributed by atoms with Gasteiger partial charge in [-0.15, -0.1) is 0 Å². The second-order valence-electron chi connectivity index (χ2n) is 4.93. The molecular weight excluding hydrogens is 280 g/mol. The van der Waals surface area contributed by atoms with Gasteiger partial charge in [-0.1, -0.05) is 6.07 Å². The highest BCUT2D eigenvalue weighted by atomic mass is 16.5. The van der Waals surface area contributed by atoms with E-state index >= 15 is 0 Å². The van der Waals surface area contributed by atoms with Gasteiger partial charge in [-0.05, 0) is 50.2 Å². The lowest BCUT2D eigenvalue weighted by atomic mass is 10.1. The van der Waals surface area contributed by atoms with Gasteiger partial charge in [0.1, 0.15) is 17.1 Å². The molecule has 0 fully saturated rings. The van der Waals surface area contributed by atoms with Gasteiger partial charge in [-0.25, -0.2) is 9.78 Å². The van der Waals surface area contributed by atoms with Crippen molar-refractivity contribution in [3.8, 4) is 17.0 Å². The molecule has 0 aliphatic heterocycles. The van der Waals surface area contributed by atoms with E-state index in [9.17, 15) is 9.90 Å². The van der Waals surface area contributed by atoms with E-state index in [4.69, 9.17) is 4.74 Å². The second-order valence-corrected chi connectivity index (χ2v) is 4.93. The molecule has 2 aromatic heterocycles. The van der Waals surface area contributed by atoms with Crippen LogP contribution in [0, 0.1) is 6.92 Å². The number of rotatable bonds is 4. The maximum absolute atomic E-state index is 11.7. The summed E-state index contributed by atoms with van der Waals surface area (Å²) in [5.74, 6) is -0.242. The number of hydrogen-bond acceptors (Lipinski definition) is 3. The molecule has 0 radical (unpaired) electrons. The molecule has 0 saturated heterocycles. The Labute approximate surface area is 127 Å². The third kappa shape index (κ3) is 2.30. The van der Waals surface area contributed by atoms with Crippen LogP contribution in [0.25, 0.3) is 16.9 Å². The van der Waals surface area contributed by atoms with Crippen LogP contribution < -0.4 is 4.74 Å². The predicted octanol–water partition coefficient (Wildman–Crippen LogP) is 3.41. The van der Waals surface area contributed by atoms with Crippen LogP contribution in [0.2, 0.25) is 0 Å². The van der Waals surface area contributed by atoms with E-state index in [2.05, 4.69) is 4.98 Å². The van der Waals surface area contributed by atoms with Gasteiger partial charge < -0.3 is 9.84 Å². The number of ether oxygens (including phenoxy) is 1. The summed E-state index contributed by atoms with van der Waals surface area (Å²) in [5, 5.41) is 9.59. The average molecular weight is 296 g/mol. The van der Waals surface area contributed by atoms with Crippen molar-refractivity contribution in [2.24, 2.45) is 0 Å². The Morgan fingerprint density at radius 1 is 1.23 bits per heavy atom. The van der Waals surface area contributed by atoms with E-state index < -0.39 is 5.97 Å². The summed E-state index contributed by atoms with van der Waals surface area (Å²) in [7, 11) is 0. The molecule has 0 bridgehead atoms. The van der Waals surface area contributed by atoms with Crippen molar-refractivity contribution >= 4 is 11.6 Å². The molecule has 0 atom stereocenters. The van der Waals surface area contributed by atoms with Crippen LogP contribution in [-0.2, 0) is 0 Å². The highest BCUT2D eigenvalue weighted by molar-refractivity contribution is 5.94. The van der Waals surface area contributed by atoms with Crippen LogP contribution in [0.1, 0.15) is 23.1 Å². The summed E-state index contributed by atoms with van der Waals surface area (Å²) in [4.78, 5) is 16.2. The van der Waals surface area contributed by atoms with Crippen LogP contribution in [0.15, 0.2) is 42.5 Å². The Bertz CT molecular complexity index is 835. The van der Waals surface area contributed by atoms with E-state index in [-0.39, 0.29) is 5.69 Å². The Hall–Kier alpha value is -2.82. The molecule has 1 aromatic carbocycles. The number of carboxylic acid groups (broad SMARTS) is 1.